The van der Waals surface area contributed by atoms with E-state index in [1.165, 1.54) is 0 Å². The van der Waals surface area contributed by atoms with Gasteiger partial charge in [-0.2, -0.15) is 0 Å². The summed E-state index contributed by atoms with van der Waals surface area (Å²) in [5.41, 5.74) is 5.90. The van der Waals surface area contributed by atoms with Crippen molar-refractivity contribution in [3.8, 4) is 11.1 Å². The van der Waals surface area contributed by atoms with E-state index in [0.29, 0.717) is 6.54 Å². The summed E-state index contributed by atoms with van der Waals surface area (Å²) in [5, 5.41) is 3.05. The molecule has 3 aromatic carbocycles. The van der Waals surface area contributed by atoms with Crippen molar-refractivity contribution in [3.63, 3.8) is 0 Å². The van der Waals surface area contributed by atoms with E-state index >= 15 is 0 Å². The molecule has 146 valence electrons. The van der Waals surface area contributed by atoms with E-state index in [1.54, 1.807) is 4.90 Å². The molecule has 4 rings (SSSR count). The number of benzene rings is 3. The summed E-state index contributed by atoms with van der Waals surface area (Å²) < 4.78 is 0. The molecule has 1 heterocycles. The molecule has 1 saturated heterocycles. The van der Waals surface area contributed by atoms with Crippen molar-refractivity contribution >= 4 is 23.2 Å². The lowest BCUT2D eigenvalue weighted by atomic mass is 10.0. The molecule has 0 saturated carbocycles. The van der Waals surface area contributed by atoms with Gasteiger partial charge in [-0.05, 0) is 42.7 Å². The standard InChI is InChI=1S/C25H24N2O2/c1-17-9-8-14-23(18(17)2)27-16-20(15-24(27)28)25(29)26-22-13-7-6-12-21(22)19-10-4-3-5-11-19/h3-14,20H,15-16H2,1-2H3,(H,26,29). The van der Waals surface area contributed by atoms with Crippen LogP contribution in [0, 0.1) is 19.8 Å². The van der Waals surface area contributed by atoms with Crippen LogP contribution in [0.2, 0.25) is 0 Å². The van der Waals surface area contributed by atoms with Crippen LogP contribution in [-0.2, 0) is 9.59 Å². The van der Waals surface area contributed by atoms with Crippen molar-refractivity contribution in [1.82, 2.24) is 0 Å². The van der Waals surface area contributed by atoms with Crippen LogP contribution < -0.4 is 10.2 Å². The zero-order chi connectivity index (χ0) is 20.4. The molecule has 1 aliphatic heterocycles. The molecule has 2 amide bonds. The molecule has 29 heavy (non-hydrogen) atoms. The summed E-state index contributed by atoms with van der Waals surface area (Å²) in [6.07, 6.45) is 0.229. The van der Waals surface area contributed by atoms with Crippen LogP contribution in [-0.4, -0.2) is 18.4 Å². The third kappa shape index (κ3) is 3.79. The Morgan fingerprint density at radius 2 is 1.66 bits per heavy atom. The van der Waals surface area contributed by atoms with E-state index < -0.39 is 0 Å². The first-order valence-electron chi connectivity index (χ1n) is 9.86. The average Bonchev–Trinajstić information content (AvgIpc) is 3.13. The maximum absolute atomic E-state index is 13.0. The highest BCUT2D eigenvalue weighted by Gasteiger charge is 2.36. The molecule has 1 unspecified atom stereocenters. The van der Waals surface area contributed by atoms with Gasteiger partial charge in [0.1, 0.15) is 0 Å². The lowest BCUT2D eigenvalue weighted by Gasteiger charge is -2.20. The Hall–Kier alpha value is -3.40. The van der Waals surface area contributed by atoms with Crippen LogP contribution in [0.25, 0.3) is 11.1 Å². The zero-order valence-electron chi connectivity index (χ0n) is 16.7. The van der Waals surface area contributed by atoms with Crippen LogP contribution >= 0.6 is 0 Å². The summed E-state index contributed by atoms with van der Waals surface area (Å²) in [7, 11) is 0. The van der Waals surface area contributed by atoms with Gasteiger partial charge >= 0.3 is 0 Å². The number of carbonyl (C=O) groups is 2. The SMILES string of the molecule is Cc1cccc(N2CC(C(=O)Nc3ccccc3-c3ccccc3)CC2=O)c1C. The van der Waals surface area contributed by atoms with Crippen molar-refractivity contribution in [2.24, 2.45) is 5.92 Å². The molecule has 1 N–H and O–H groups in total. The van der Waals surface area contributed by atoms with Gasteiger partial charge in [0, 0.05) is 29.9 Å². The first kappa shape index (κ1) is 18.9. The van der Waals surface area contributed by atoms with Gasteiger partial charge in [-0.25, -0.2) is 0 Å². The lowest BCUT2D eigenvalue weighted by molar-refractivity contribution is -0.122. The minimum absolute atomic E-state index is 0.00445. The topological polar surface area (TPSA) is 49.4 Å². The fourth-order valence-corrected chi connectivity index (χ4v) is 3.84. The predicted molar refractivity (Wildman–Crippen MR) is 117 cm³/mol. The van der Waals surface area contributed by atoms with Crippen LogP contribution in [0.4, 0.5) is 11.4 Å². The van der Waals surface area contributed by atoms with Crippen LogP contribution in [0.3, 0.4) is 0 Å². The molecule has 1 atom stereocenters. The molecule has 3 aromatic rings. The van der Waals surface area contributed by atoms with Crippen LogP contribution in [0.1, 0.15) is 17.5 Å². The van der Waals surface area contributed by atoms with Gasteiger partial charge in [0.05, 0.1) is 5.92 Å². The van der Waals surface area contributed by atoms with Gasteiger partial charge in [0.2, 0.25) is 11.8 Å². The molecular weight excluding hydrogens is 360 g/mol. The van der Waals surface area contributed by atoms with Crippen molar-refractivity contribution in [2.45, 2.75) is 20.3 Å². The normalized spacial score (nSPS) is 16.1. The molecule has 0 aliphatic carbocycles. The third-order valence-corrected chi connectivity index (χ3v) is 5.63. The lowest BCUT2D eigenvalue weighted by Crippen LogP contribution is -2.28. The molecule has 4 heteroatoms. The smallest absolute Gasteiger partial charge is 0.229 e. The fraction of sp³-hybridized carbons (Fsp3) is 0.200. The van der Waals surface area contributed by atoms with Crippen molar-refractivity contribution in [2.75, 3.05) is 16.8 Å². The van der Waals surface area contributed by atoms with Crippen molar-refractivity contribution in [3.05, 3.63) is 83.9 Å². The molecule has 0 aromatic heterocycles. The van der Waals surface area contributed by atoms with E-state index in [4.69, 9.17) is 0 Å². The second-order valence-electron chi connectivity index (χ2n) is 7.53. The Labute approximate surface area is 171 Å². The summed E-state index contributed by atoms with van der Waals surface area (Å²) in [4.78, 5) is 27.4. The molecule has 4 nitrogen and oxygen atoms in total. The number of nitrogens with zero attached hydrogens (tertiary/aromatic N) is 1. The first-order chi connectivity index (χ1) is 14.0. The quantitative estimate of drug-likeness (QED) is 0.691. The summed E-state index contributed by atoms with van der Waals surface area (Å²) in [6, 6.07) is 23.7. The minimum atomic E-state index is -0.369. The van der Waals surface area contributed by atoms with E-state index in [2.05, 4.69) is 5.32 Å². The van der Waals surface area contributed by atoms with Crippen LogP contribution in [0.15, 0.2) is 72.8 Å². The summed E-state index contributed by atoms with van der Waals surface area (Å²) >= 11 is 0. The van der Waals surface area contributed by atoms with Crippen LogP contribution in [0.5, 0.6) is 0 Å². The highest BCUT2D eigenvalue weighted by molar-refractivity contribution is 6.05. The van der Waals surface area contributed by atoms with Gasteiger partial charge in [-0.15, -0.1) is 0 Å². The second-order valence-corrected chi connectivity index (χ2v) is 7.53. The molecular formula is C25H24N2O2. The number of rotatable bonds is 4. The molecule has 0 spiro atoms. The summed E-state index contributed by atoms with van der Waals surface area (Å²) in [6.45, 7) is 4.45. The maximum atomic E-state index is 13.0. The largest absolute Gasteiger partial charge is 0.325 e. The van der Waals surface area contributed by atoms with Gasteiger partial charge in [0.25, 0.3) is 0 Å². The zero-order valence-corrected chi connectivity index (χ0v) is 16.7. The molecule has 0 bridgehead atoms. The third-order valence-electron chi connectivity index (χ3n) is 5.63. The number of para-hydroxylation sites is 1. The fourth-order valence-electron chi connectivity index (χ4n) is 3.84. The Bertz CT molecular complexity index is 1060. The minimum Gasteiger partial charge on any atom is -0.325 e. The Morgan fingerprint density at radius 1 is 0.931 bits per heavy atom. The van der Waals surface area contributed by atoms with Gasteiger partial charge in [0.15, 0.2) is 0 Å². The predicted octanol–water partition coefficient (Wildman–Crippen LogP) is 4.96. The number of anilines is 2. The number of carbonyl (C=O) groups excluding carboxylic acids is 2. The van der Waals surface area contributed by atoms with E-state index in [0.717, 1.165) is 33.6 Å². The Balaban J connectivity index is 1.54. The van der Waals surface area contributed by atoms with E-state index in [-0.39, 0.29) is 24.2 Å². The van der Waals surface area contributed by atoms with E-state index in [1.807, 2.05) is 86.6 Å². The molecule has 0 radical (unpaired) electrons. The van der Waals surface area contributed by atoms with Gasteiger partial charge < -0.3 is 10.2 Å². The van der Waals surface area contributed by atoms with Crippen molar-refractivity contribution < 1.29 is 9.59 Å². The average molecular weight is 384 g/mol. The first-order valence-corrected chi connectivity index (χ1v) is 9.86. The Kier molecular flexibility index (Phi) is 5.17. The highest BCUT2D eigenvalue weighted by atomic mass is 16.2. The summed E-state index contributed by atoms with van der Waals surface area (Å²) in [5.74, 6) is -0.490. The number of hydrogen-bond donors (Lipinski definition) is 1. The monoisotopic (exact) mass is 384 g/mol. The molecule has 1 fully saturated rings. The van der Waals surface area contributed by atoms with E-state index in [9.17, 15) is 9.59 Å². The molecule has 1 aliphatic rings. The number of hydrogen-bond acceptors (Lipinski definition) is 2. The Morgan fingerprint density at radius 3 is 2.45 bits per heavy atom. The number of nitrogens with one attached hydrogen (secondary N) is 1. The van der Waals surface area contributed by atoms with Gasteiger partial charge in [-0.3, -0.25) is 9.59 Å². The van der Waals surface area contributed by atoms with Crippen molar-refractivity contribution in [1.29, 1.82) is 0 Å². The number of amides is 2. The second kappa shape index (κ2) is 7.92. The maximum Gasteiger partial charge on any atom is 0.229 e. The number of aryl methyl sites for hydroxylation is 1. The highest BCUT2D eigenvalue weighted by Crippen LogP contribution is 2.32. The van der Waals surface area contributed by atoms with Gasteiger partial charge in [-0.1, -0.05) is 60.7 Å².